The summed E-state index contributed by atoms with van der Waals surface area (Å²) in [4.78, 5) is 5.30. The maximum atomic E-state index is 8.53. The smallest absolute Gasteiger partial charge is 0.152 e. The Morgan fingerprint density at radius 1 is 1.45 bits per heavy atom. The Bertz CT molecular complexity index is 412. The molecule has 6 heteroatoms. The Morgan fingerprint density at radius 2 is 2.05 bits per heavy atom. The van der Waals surface area contributed by atoms with E-state index in [-0.39, 0.29) is 5.84 Å². The number of nitrogens with zero attached hydrogens (tertiary/aromatic N) is 2. The van der Waals surface area contributed by atoms with E-state index in [0.717, 1.165) is 19.2 Å². The highest BCUT2D eigenvalue weighted by molar-refractivity contribution is 6.00. The number of anilines is 1. The molecule has 0 aliphatic carbocycles. The fourth-order valence-electron chi connectivity index (χ4n) is 1.38. The normalized spacial score (nSPS) is 9.65. The Labute approximate surface area is 120 Å². The second-order valence-electron chi connectivity index (χ2n) is 4.40. The van der Waals surface area contributed by atoms with Crippen molar-refractivity contribution in [3.63, 3.8) is 0 Å². The van der Waals surface area contributed by atoms with Gasteiger partial charge in [0.25, 0.3) is 0 Å². The Hall–Kier alpha value is -1.95. The lowest BCUT2D eigenvalue weighted by molar-refractivity contribution is 0.219. The molecule has 0 fully saturated rings. The van der Waals surface area contributed by atoms with Crippen LogP contribution in [0.3, 0.4) is 0 Å². The summed E-state index contributed by atoms with van der Waals surface area (Å²) in [6, 6.07) is 5.06. The summed E-state index contributed by atoms with van der Waals surface area (Å²) >= 11 is 0. The Balaban J connectivity index is 0.000000441. The van der Waals surface area contributed by atoms with Gasteiger partial charge in [-0.1, -0.05) is 32.8 Å². The van der Waals surface area contributed by atoms with Crippen molar-refractivity contribution < 1.29 is 5.11 Å². The first-order chi connectivity index (χ1) is 9.49. The molecule has 0 unspecified atom stereocenters. The predicted molar refractivity (Wildman–Crippen MR) is 83.2 cm³/mol. The number of rotatable bonds is 5. The molecule has 0 saturated heterocycles. The van der Waals surface area contributed by atoms with Crippen LogP contribution in [0.15, 0.2) is 18.2 Å². The first-order valence-corrected chi connectivity index (χ1v) is 6.65. The van der Waals surface area contributed by atoms with E-state index in [2.05, 4.69) is 18.8 Å². The fraction of sp³-hybridized carbons (Fsp3) is 0.500. The van der Waals surface area contributed by atoms with Crippen LogP contribution in [-0.4, -0.2) is 40.8 Å². The van der Waals surface area contributed by atoms with Gasteiger partial charge in [-0.05, 0) is 18.1 Å². The molecule has 0 radical (unpaired) electrons. The minimum Gasteiger partial charge on any atom is -0.396 e. The fourth-order valence-corrected chi connectivity index (χ4v) is 1.38. The summed E-state index contributed by atoms with van der Waals surface area (Å²) in [5.74, 6) is 1.07. The van der Waals surface area contributed by atoms with Gasteiger partial charge in [-0.2, -0.15) is 0 Å². The summed E-state index contributed by atoms with van der Waals surface area (Å²) in [7, 11) is 1.61. The largest absolute Gasteiger partial charge is 0.396 e. The molecular formula is C14H25N5O. The highest BCUT2D eigenvalue weighted by Crippen LogP contribution is 2.04. The molecule has 0 spiro atoms. The van der Waals surface area contributed by atoms with Gasteiger partial charge in [-0.15, -0.1) is 0 Å². The lowest BCUT2D eigenvalue weighted by Crippen LogP contribution is -2.25. The van der Waals surface area contributed by atoms with Gasteiger partial charge in [-0.25, -0.2) is 4.98 Å². The van der Waals surface area contributed by atoms with E-state index in [1.54, 1.807) is 25.2 Å². The third-order valence-electron chi connectivity index (χ3n) is 2.97. The number of amidine groups is 1. The number of aliphatic hydroxyl groups is 1. The molecule has 0 aliphatic rings. The van der Waals surface area contributed by atoms with Crippen LogP contribution in [0.2, 0.25) is 0 Å². The number of aliphatic hydroxyl groups excluding tert-OH is 1. The highest BCUT2D eigenvalue weighted by Gasteiger charge is 2.05. The first kappa shape index (κ1) is 18.0. The molecule has 0 atom stereocenters. The predicted octanol–water partition coefficient (Wildman–Crippen LogP) is 1.94. The Kier molecular flexibility index (Phi) is 8.95. The lowest BCUT2D eigenvalue weighted by atomic mass is 10.1. The van der Waals surface area contributed by atoms with E-state index < -0.39 is 0 Å². The quantitative estimate of drug-likeness (QED) is 0.487. The van der Waals surface area contributed by atoms with Crippen molar-refractivity contribution in [2.75, 3.05) is 19.4 Å². The van der Waals surface area contributed by atoms with E-state index in [1.807, 2.05) is 0 Å². The zero-order valence-electron chi connectivity index (χ0n) is 12.4. The van der Waals surface area contributed by atoms with Crippen molar-refractivity contribution in [2.45, 2.75) is 26.7 Å². The number of aromatic nitrogens is 1. The van der Waals surface area contributed by atoms with Crippen molar-refractivity contribution in [3.8, 4) is 0 Å². The molecule has 0 amide bonds. The number of hydrogen-bond donors (Lipinski definition) is 4. The van der Waals surface area contributed by atoms with Crippen LogP contribution < -0.4 is 5.73 Å². The number of nitrogens with one attached hydrogen (secondary N) is 2. The molecule has 0 bridgehead atoms. The number of nitrogens with two attached hydrogens (primary N) is 1. The zero-order valence-corrected chi connectivity index (χ0v) is 12.4. The average Bonchev–Trinajstić information content (AvgIpc) is 2.48. The maximum Gasteiger partial charge on any atom is 0.152 e. The number of pyridine rings is 1. The van der Waals surface area contributed by atoms with Crippen LogP contribution in [0, 0.1) is 16.7 Å². The number of nitrogen functional groups attached to an aromatic ring is 1. The van der Waals surface area contributed by atoms with Crippen molar-refractivity contribution >= 4 is 18.0 Å². The monoisotopic (exact) mass is 279 g/mol. The van der Waals surface area contributed by atoms with E-state index in [4.69, 9.17) is 21.7 Å². The molecule has 1 heterocycles. The number of hydrogen-bond acceptors (Lipinski definition) is 5. The van der Waals surface area contributed by atoms with Crippen LogP contribution in [-0.2, 0) is 0 Å². The molecule has 1 aromatic heterocycles. The van der Waals surface area contributed by atoms with Gasteiger partial charge < -0.3 is 15.7 Å². The van der Waals surface area contributed by atoms with Crippen LogP contribution in [0.4, 0.5) is 5.82 Å². The summed E-state index contributed by atoms with van der Waals surface area (Å²) in [6.07, 6.45) is 3.26. The molecule has 0 aliphatic heterocycles. The third-order valence-corrected chi connectivity index (χ3v) is 2.97. The topological polar surface area (TPSA) is 110 Å². The van der Waals surface area contributed by atoms with Gasteiger partial charge in [-0.3, -0.25) is 10.8 Å². The second-order valence-corrected chi connectivity index (χ2v) is 4.40. The Morgan fingerprint density at radius 3 is 2.40 bits per heavy atom. The van der Waals surface area contributed by atoms with Gasteiger partial charge in [0.15, 0.2) is 5.84 Å². The summed E-state index contributed by atoms with van der Waals surface area (Å²) in [6.45, 7) is 4.56. The SMILES string of the molecule is CCC(CC)CO.CN(C=N)C(=N)c1cccc(N)n1. The summed E-state index contributed by atoms with van der Waals surface area (Å²) < 4.78 is 0. The van der Waals surface area contributed by atoms with E-state index >= 15 is 0 Å². The lowest BCUT2D eigenvalue weighted by Gasteiger charge is -2.12. The highest BCUT2D eigenvalue weighted by atomic mass is 16.3. The minimum absolute atomic E-state index is 0.155. The molecule has 0 aromatic carbocycles. The molecular weight excluding hydrogens is 254 g/mol. The molecule has 112 valence electrons. The first-order valence-electron chi connectivity index (χ1n) is 6.65. The van der Waals surface area contributed by atoms with Crippen LogP contribution in [0.1, 0.15) is 32.4 Å². The maximum absolute atomic E-state index is 8.53. The van der Waals surface area contributed by atoms with Gasteiger partial charge in [0.2, 0.25) is 0 Å². The molecule has 0 saturated carbocycles. The van der Waals surface area contributed by atoms with E-state index in [9.17, 15) is 0 Å². The van der Waals surface area contributed by atoms with Crippen molar-refractivity contribution in [2.24, 2.45) is 5.92 Å². The van der Waals surface area contributed by atoms with Crippen LogP contribution >= 0.6 is 0 Å². The third kappa shape index (κ3) is 6.29. The molecule has 1 rings (SSSR count). The van der Waals surface area contributed by atoms with E-state index in [1.165, 1.54) is 4.90 Å². The zero-order chi connectivity index (χ0) is 15.5. The second kappa shape index (κ2) is 9.91. The average molecular weight is 279 g/mol. The van der Waals surface area contributed by atoms with Crippen LogP contribution in [0.25, 0.3) is 0 Å². The standard InChI is InChI=1S/C8H11N5.C6H14O/c1-13(5-9)8(11)6-3-2-4-7(10)12-6;1-3-6(4-2)5-7/h2-5,9,11H,1H3,(H2,10,12);6-7H,3-5H2,1-2H3. The van der Waals surface area contributed by atoms with Gasteiger partial charge >= 0.3 is 0 Å². The van der Waals surface area contributed by atoms with Crippen LogP contribution in [0.5, 0.6) is 0 Å². The van der Waals surface area contributed by atoms with Crippen molar-refractivity contribution in [3.05, 3.63) is 23.9 Å². The molecule has 5 N–H and O–H groups in total. The molecule has 20 heavy (non-hydrogen) atoms. The van der Waals surface area contributed by atoms with Gasteiger partial charge in [0, 0.05) is 13.7 Å². The summed E-state index contributed by atoms with van der Waals surface area (Å²) in [5.41, 5.74) is 5.92. The van der Waals surface area contributed by atoms with Gasteiger partial charge in [0.05, 0.1) is 6.34 Å². The minimum atomic E-state index is 0.155. The summed E-state index contributed by atoms with van der Waals surface area (Å²) in [5, 5.41) is 23.1. The van der Waals surface area contributed by atoms with Crippen molar-refractivity contribution in [1.82, 2.24) is 9.88 Å². The van der Waals surface area contributed by atoms with E-state index in [0.29, 0.717) is 24.0 Å². The molecule has 6 nitrogen and oxygen atoms in total. The molecule has 1 aromatic rings. The van der Waals surface area contributed by atoms with Crippen molar-refractivity contribution in [1.29, 1.82) is 10.8 Å². The van der Waals surface area contributed by atoms with Gasteiger partial charge in [0.1, 0.15) is 11.5 Å².